The number of anilines is 2. The third-order valence-electron chi connectivity index (χ3n) is 3.78. The van der Waals surface area contributed by atoms with Gasteiger partial charge in [0.25, 0.3) is 0 Å². The zero-order chi connectivity index (χ0) is 13.1. The summed E-state index contributed by atoms with van der Waals surface area (Å²) < 4.78 is 0. The first kappa shape index (κ1) is 12.3. The lowest BCUT2D eigenvalue weighted by Gasteiger charge is -2.15. The van der Waals surface area contributed by atoms with Gasteiger partial charge in [0.2, 0.25) is 0 Å². The third kappa shape index (κ3) is 2.81. The van der Waals surface area contributed by atoms with Gasteiger partial charge in [-0.15, -0.1) is 0 Å². The molecule has 1 saturated heterocycles. The number of hydrogen-bond acceptors (Lipinski definition) is 4. The minimum absolute atomic E-state index is 0.787. The minimum Gasteiger partial charge on any atom is -0.397 e. The molecule has 1 fully saturated rings. The number of nitrogens with one attached hydrogen (secondary N) is 2. The van der Waals surface area contributed by atoms with E-state index in [-0.39, 0.29) is 0 Å². The Hall–Kier alpha value is -1.75. The number of nitrogens with two attached hydrogens (primary N) is 1. The normalized spacial score (nSPS) is 16.2. The van der Waals surface area contributed by atoms with Crippen molar-refractivity contribution < 1.29 is 0 Å². The Bertz CT molecular complexity index is 542. The van der Waals surface area contributed by atoms with E-state index >= 15 is 0 Å². The van der Waals surface area contributed by atoms with Crippen LogP contribution in [0, 0.1) is 0 Å². The maximum absolute atomic E-state index is 6.04. The van der Waals surface area contributed by atoms with Crippen LogP contribution in [0.1, 0.15) is 19.3 Å². The SMILES string of the molecule is Nc1cc2cn[nH]c2cc1NCCCN1CCCC1. The van der Waals surface area contributed by atoms with Crippen molar-refractivity contribution in [2.45, 2.75) is 19.3 Å². The van der Waals surface area contributed by atoms with Gasteiger partial charge in [0.15, 0.2) is 0 Å². The van der Waals surface area contributed by atoms with Gasteiger partial charge in [-0.05, 0) is 51.0 Å². The molecule has 0 spiro atoms. The molecule has 0 atom stereocenters. The van der Waals surface area contributed by atoms with Crippen LogP contribution in [0.5, 0.6) is 0 Å². The van der Waals surface area contributed by atoms with Gasteiger partial charge in [0, 0.05) is 11.9 Å². The van der Waals surface area contributed by atoms with Crippen LogP contribution in [0.4, 0.5) is 11.4 Å². The molecule has 2 aromatic rings. The van der Waals surface area contributed by atoms with E-state index in [9.17, 15) is 0 Å². The Kier molecular flexibility index (Phi) is 3.55. The molecule has 1 aromatic carbocycles. The fourth-order valence-corrected chi connectivity index (χ4v) is 2.69. The number of aromatic amines is 1. The topological polar surface area (TPSA) is 70.0 Å². The van der Waals surface area contributed by atoms with Gasteiger partial charge in [0.1, 0.15) is 0 Å². The average Bonchev–Trinajstić information content (AvgIpc) is 3.05. The van der Waals surface area contributed by atoms with E-state index in [2.05, 4.69) is 20.4 Å². The number of likely N-dealkylation sites (tertiary alicyclic amines) is 1. The highest BCUT2D eigenvalue weighted by atomic mass is 15.1. The number of benzene rings is 1. The van der Waals surface area contributed by atoms with E-state index in [0.717, 1.165) is 35.2 Å². The lowest BCUT2D eigenvalue weighted by molar-refractivity contribution is 0.337. The molecule has 0 amide bonds. The first-order valence-corrected chi connectivity index (χ1v) is 7.02. The van der Waals surface area contributed by atoms with Gasteiger partial charge in [-0.2, -0.15) is 5.10 Å². The van der Waals surface area contributed by atoms with Crippen LogP contribution in [0.3, 0.4) is 0 Å². The highest BCUT2D eigenvalue weighted by Crippen LogP contribution is 2.24. The molecule has 1 aliphatic rings. The Morgan fingerprint density at radius 2 is 2.16 bits per heavy atom. The number of nitrogen functional groups attached to an aromatic ring is 1. The Balaban J connectivity index is 1.54. The summed E-state index contributed by atoms with van der Waals surface area (Å²) in [6.07, 6.45) is 5.66. The smallest absolute Gasteiger partial charge is 0.0672 e. The van der Waals surface area contributed by atoms with E-state index in [1.54, 1.807) is 6.20 Å². The number of H-pyrrole nitrogens is 1. The van der Waals surface area contributed by atoms with Gasteiger partial charge in [0.05, 0.1) is 23.1 Å². The van der Waals surface area contributed by atoms with E-state index in [0.29, 0.717) is 0 Å². The molecule has 19 heavy (non-hydrogen) atoms. The molecular weight excluding hydrogens is 238 g/mol. The zero-order valence-corrected chi connectivity index (χ0v) is 11.2. The molecule has 1 aromatic heterocycles. The molecule has 3 rings (SSSR count). The maximum Gasteiger partial charge on any atom is 0.0672 e. The highest BCUT2D eigenvalue weighted by molar-refractivity contribution is 5.88. The van der Waals surface area contributed by atoms with Crippen LogP contribution in [0.25, 0.3) is 10.9 Å². The standard InChI is InChI=1S/C14H21N5/c15-12-8-11-10-17-18-13(11)9-14(12)16-4-3-7-19-5-1-2-6-19/h8-10,16H,1-7,15H2,(H,17,18). The predicted octanol–water partition coefficient (Wildman–Crippen LogP) is 2.04. The largest absolute Gasteiger partial charge is 0.397 e. The second-order valence-electron chi connectivity index (χ2n) is 5.23. The fraction of sp³-hybridized carbons (Fsp3) is 0.500. The number of hydrogen-bond donors (Lipinski definition) is 3. The molecule has 4 N–H and O–H groups in total. The van der Waals surface area contributed by atoms with Crippen molar-refractivity contribution in [3.63, 3.8) is 0 Å². The molecule has 1 aliphatic heterocycles. The second kappa shape index (κ2) is 5.48. The van der Waals surface area contributed by atoms with Crippen molar-refractivity contribution in [2.24, 2.45) is 0 Å². The lowest BCUT2D eigenvalue weighted by atomic mass is 10.2. The number of fused-ring (bicyclic) bond motifs is 1. The van der Waals surface area contributed by atoms with Crippen LogP contribution >= 0.6 is 0 Å². The summed E-state index contributed by atoms with van der Waals surface area (Å²) in [7, 11) is 0. The van der Waals surface area contributed by atoms with Crippen molar-refractivity contribution >= 4 is 22.3 Å². The zero-order valence-electron chi connectivity index (χ0n) is 11.2. The summed E-state index contributed by atoms with van der Waals surface area (Å²) in [5.74, 6) is 0. The van der Waals surface area contributed by atoms with E-state index < -0.39 is 0 Å². The van der Waals surface area contributed by atoms with Crippen LogP contribution in [-0.4, -0.2) is 41.3 Å². The van der Waals surface area contributed by atoms with Gasteiger partial charge in [-0.25, -0.2) is 0 Å². The maximum atomic E-state index is 6.04. The van der Waals surface area contributed by atoms with Crippen LogP contribution in [0.2, 0.25) is 0 Å². The third-order valence-corrected chi connectivity index (χ3v) is 3.78. The molecule has 0 bridgehead atoms. The Labute approximate surface area is 113 Å². The van der Waals surface area contributed by atoms with Gasteiger partial charge >= 0.3 is 0 Å². The molecule has 0 radical (unpaired) electrons. The highest BCUT2D eigenvalue weighted by Gasteiger charge is 2.10. The monoisotopic (exact) mass is 259 g/mol. The van der Waals surface area contributed by atoms with Gasteiger partial charge < -0.3 is 16.0 Å². The summed E-state index contributed by atoms with van der Waals surface area (Å²) in [5, 5.41) is 11.5. The van der Waals surface area contributed by atoms with Crippen LogP contribution in [-0.2, 0) is 0 Å². The molecule has 5 heteroatoms. The summed E-state index contributed by atoms with van der Waals surface area (Å²) >= 11 is 0. The quantitative estimate of drug-likeness (QED) is 0.567. The molecular formula is C14H21N5. The number of aromatic nitrogens is 2. The Morgan fingerprint density at radius 1 is 1.32 bits per heavy atom. The summed E-state index contributed by atoms with van der Waals surface area (Å²) in [4.78, 5) is 2.53. The first-order chi connectivity index (χ1) is 9.33. The first-order valence-electron chi connectivity index (χ1n) is 7.02. The minimum atomic E-state index is 0.787. The molecule has 0 saturated carbocycles. The van der Waals surface area contributed by atoms with Crippen molar-refractivity contribution in [3.05, 3.63) is 18.3 Å². The second-order valence-corrected chi connectivity index (χ2v) is 5.23. The molecule has 0 aliphatic carbocycles. The Morgan fingerprint density at radius 3 is 3.00 bits per heavy atom. The summed E-state index contributed by atoms with van der Waals surface area (Å²) in [6.45, 7) is 4.67. The van der Waals surface area contributed by atoms with Crippen LogP contribution < -0.4 is 11.1 Å². The molecule has 102 valence electrons. The van der Waals surface area contributed by atoms with E-state index in [1.807, 2.05) is 12.1 Å². The van der Waals surface area contributed by atoms with Crippen molar-refractivity contribution in [1.29, 1.82) is 0 Å². The van der Waals surface area contributed by atoms with Crippen molar-refractivity contribution in [1.82, 2.24) is 15.1 Å². The fourth-order valence-electron chi connectivity index (χ4n) is 2.69. The predicted molar refractivity (Wildman–Crippen MR) is 79.3 cm³/mol. The molecule has 5 nitrogen and oxygen atoms in total. The van der Waals surface area contributed by atoms with Gasteiger partial charge in [-0.3, -0.25) is 5.10 Å². The van der Waals surface area contributed by atoms with E-state index in [1.165, 1.54) is 32.5 Å². The lowest BCUT2D eigenvalue weighted by Crippen LogP contribution is -2.22. The molecule has 0 unspecified atom stereocenters. The van der Waals surface area contributed by atoms with Gasteiger partial charge in [-0.1, -0.05) is 0 Å². The summed E-state index contributed by atoms with van der Waals surface area (Å²) in [5.41, 5.74) is 8.85. The average molecular weight is 259 g/mol. The molecule has 2 heterocycles. The van der Waals surface area contributed by atoms with Crippen molar-refractivity contribution in [2.75, 3.05) is 37.2 Å². The number of rotatable bonds is 5. The summed E-state index contributed by atoms with van der Waals surface area (Å²) in [6, 6.07) is 4.00. The van der Waals surface area contributed by atoms with E-state index in [4.69, 9.17) is 5.73 Å². The van der Waals surface area contributed by atoms with Crippen LogP contribution in [0.15, 0.2) is 18.3 Å². The van der Waals surface area contributed by atoms with Crippen molar-refractivity contribution in [3.8, 4) is 0 Å². The number of nitrogens with zero attached hydrogens (tertiary/aromatic N) is 2.